The first-order valence-corrected chi connectivity index (χ1v) is 11.1. The number of aryl methyl sites for hydroxylation is 1. The molecule has 0 aliphatic carbocycles. The van der Waals surface area contributed by atoms with Gasteiger partial charge >= 0.3 is 6.18 Å². The van der Waals surface area contributed by atoms with Crippen LogP contribution in [0.2, 0.25) is 5.02 Å². The van der Waals surface area contributed by atoms with Crippen molar-refractivity contribution in [3.63, 3.8) is 0 Å². The van der Waals surface area contributed by atoms with Crippen molar-refractivity contribution in [1.29, 1.82) is 0 Å². The molecule has 0 radical (unpaired) electrons. The van der Waals surface area contributed by atoms with E-state index in [2.05, 4.69) is 15.6 Å². The van der Waals surface area contributed by atoms with Gasteiger partial charge in [0.2, 0.25) is 0 Å². The first-order chi connectivity index (χ1) is 16.6. The molecule has 0 spiro atoms. The van der Waals surface area contributed by atoms with Crippen molar-refractivity contribution in [3.8, 4) is 22.8 Å². The van der Waals surface area contributed by atoms with Crippen molar-refractivity contribution in [3.05, 3.63) is 77.1 Å². The molecule has 4 aromatic rings. The van der Waals surface area contributed by atoms with Gasteiger partial charge in [-0.05, 0) is 42.8 Å². The SMILES string of the molecule is CNC(=O)c1ccc(-c2cnc3c(NCCC(F)(F)F)cc(Oc4cccc(Cl)c4)cn23)cc1C. The molecule has 0 bridgehead atoms. The van der Waals surface area contributed by atoms with Gasteiger partial charge in [0.15, 0.2) is 5.65 Å². The summed E-state index contributed by atoms with van der Waals surface area (Å²) in [5.41, 5.74) is 3.61. The smallest absolute Gasteiger partial charge is 0.390 e. The fourth-order valence-electron chi connectivity index (χ4n) is 3.68. The number of carbonyl (C=O) groups excluding carboxylic acids is 1. The number of amides is 1. The van der Waals surface area contributed by atoms with E-state index in [-0.39, 0.29) is 12.5 Å². The standard InChI is InChI=1S/C25H22ClF3N4O2/c1-15-10-16(6-7-20(15)24(34)30-2)22-13-32-23-21(31-9-8-25(27,28)29)12-19(14-33(22)23)35-18-5-3-4-17(26)11-18/h3-7,10-14,31H,8-9H2,1-2H3,(H,30,34). The number of pyridine rings is 1. The zero-order valence-corrected chi connectivity index (χ0v) is 19.7. The second-order valence-corrected chi connectivity index (χ2v) is 8.32. The van der Waals surface area contributed by atoms with Crippen LogP contribution in [0.1, 0.15) is 22.3 Å². The van der Waals surface area contributed by atoms with E-state index in [1.165, 1.54) is 0 Å². The number of benzene rings is 2. The molecule has 6 nitrogen and oxygen atoms in total. The number of hydrogen-bond donors (Lipinski definition) is 2. The summed E-state index contributed by atoms with van der Waals surface area (Å²) in [7, 11) is 1.56. The number of fused-ring (bicyclic) bond motifs is 1. The highest BCUT2D eigenvalue weighted by Gasteiger charge is 2.26. The fourth-order valence-corrected chi connectivity index (χ4v) is 3.86. The first-order valence-electron chi connectivity index (χ1n) is 10.7. The second kappa shape index (κ2) is 9.87. The van der Waals surface area contributed by atoms with E-state index in [9.17, 15) is 18.0 Å². The van der Waals surface area contributed by atoms with Crippen LogP contribution in [0.25, 0.3) is 16.9 Å². The van der Waals surface area contributed by atoms with Crippen LogP contribution >= 0.6 is 11.6 Å². The van der Waals surface area contributed by atoms with Crippen molar-refractivity contribution in [1.82, 2.24) is 14.7 Å². The van der Waals surface area contributed by atoms with Crippen LogP contribution in [0, 0.1) is 6.92 Å². The second-order valence-electron chi connectivity index (χ2n) is 7.89. The predicted molar refractivity (Wildman–Crippen MR) is 129 cm³/mol. The molecular weight excluding hydrogens is 481 g/mol. The molecule has 2 aromatic carbocycles. The third-order valence-electron chi connectivity index (χ3n) is 5.33. The minimum atomic E-state index is -4.29. The molecule has 0 atom stereocenters. The van der Waals surface area contributed by atoms with Gasteiger partial charge in [0.05, 0.1) is 30.2 Å². The van der Waals surface area contributed by atoms with Crippen LogP contribution in [0.15, 0.2) is 60.9 Å². The van der Waals surface area contributed by atoms with Crippen molar-refractivity contribution in [2.75, 3.05) is 18.9 Å². The van der Waals surface area contributed by atoms with E-state index in [4.69, 9.17) is 16.3 Å². The molecular formula is C25H22ClF3N4O2. The number of carbonyl (C=O) groups is 1. The Kier molecular flexibility index (Phi) is 6.88. The molecule has 0 fully saturated rings. The third kappa shape index (κ3) is 5.68. The van der Waals surface area contributed by atoms with Gasteiger partial charge in [0.25, 0.3) is 5.91 Å². The molecule has 2 aromatic heterocycles. The lowest BCUT2D eigenvalue weighted by atomic mass is 10.0. The number of halogens is 4. The summed E-state index contributed by atoms with van der Waals surface area (Å²) in [6, 6.07) is 13.8. The van der Waals surface area contributed by atoms with Crippen molar-refractivity contribution in [2.45, 2.75) is 19.5 Å². The Morgan fingerprint density at radius 2 is 1.94 bits per heavy atom. The van der Waals surface area contributed by atoms with E-state index < -0.39 is 12.6 Å². The number of ether oxygens (including phenoxy) is 1. The van der Waals surface area contributed by atoms with E-state index in [0.717, 1.165) is 11.1 Å². The predicted octanol–water partition coefficient (Wildman–Crippen LogP) is 6.48. The number of hydrogen-bond acceptors (Lipinski definition) is 4. The molecule has 1 amide bonds. The van der Waals surface area contributed by atoms with E-state index in [1.54, 1.807) is 66.3 Å². The van der Waals surface area contributed by atoms with E-state index in [1.807, 2.05) is 13.0 Å². The van der Waals surface area contributed by atoms with Crippen LogP contribution in [-0.4, -0.2) is 35.1 Å². The summed E-state index contributed by atoms with van der Waals surface area (Å²) in [4.78, 5) is 16.5. The highest BCUT2D eigenvalue weighted by molar-refractivity contribution is 6.30. The molecule has 0 saturated carbocycles. The maximum Gasteiger partial charge on any atom is 0.390 e. The number of anilines is 1. The molecule has 0 unspecified atom stereocenters. The summed E-state index contributed by atoms with van der Waals surface area (Å²) in [6.07, 6.45) is -1.95. The zero-order chi connectivity index (χ0) is 25.2. The van der Waals surface area contributed by atoms with E-state index >= 15 is 0 Å². The van der Waals surface area contributed by atoms with Gasteiger partial charge in [-0.15, -0.1) is 0 Å². The molecule has 35 heavy (non-hydrogen) atoms. The largest absolute Gasteiger partial charge is 0.456 e. The number of nitrogens with one attached hydrogen (secondary N) is 2. The number of imidazole rings is 1. The number of aromatic nitrogens is 2. The quantitative estimate of drug-likeness (QED) is 0.303. The summed E-state index contributed by atoms with van der Waals surface area (Å²) < 4.78 is 45.9. The Bertz CT molecular complexity index is 1390. The summed E-state index contributed by atoms with van der Waals surface area (Å²) in [5, 5.41) is 5.92. The molecule has 0 aliphatic heterocycles. The van der Waals surface area contributed by atoms with Gasteiger partial charge in [0.1, 0.15) is 11.5 Å². The molecule has 2 heterocycles. The van der Waals surface area contributed by atoms with Crippen molar-refractivity contribution < 1.29 is 22.7 Å². The fraction of sp³-hybridized carbons (Fsp3) is 0.200. The third-order valence-corrected chi connectivity index (χ3v) is 5.57. The van der Waals surface area contributed by atoms with Crippen LogP contribution in [-0.2, 0) is 0 Å². The van der Waals surface area contributed by atoms with E-state index in [0.29, 0.717) is 39.1 Å². The van der Waals surface area contributed by atoms with Crippen LogP contribution < -0.4 is 15.4 Å². The lowest BCUT2D eigenvalue weighted by Gasteiger charge is -2.14. The molecule has 0 aliphatic rings. The molecule has 2 N–H and O–H groups in total. The summed E-state index contributed by atoms with van der Waals surface area (Å²) in [6.45, 7) is 1.51. The average molecular weight is 503 g/mol. The normalized spacial score (nSPS) is 11.5. The molecule has 0 saturated heterocycles. The van der Waals surface area contributed by atoms with Crippen LogP contribution in [0.5, 0.6) is 11.5 Å². The maximum atomic E-state index is 12.7. The monoisotopic (exact) mass is 502 g/mol. The maximum absolute atomic E-state index is 12.7. The minimum absolute atomic E-state index is 0.194. The van der Waals surface area contributed by atoms with Crippen LogP contribution in [0.4, 0.5) is 18.9 Å². The summed E-state index contributed by atoms with van der Waals surface area (Å²) in [5.74, 6) is 0.665. The Balaban J connectivity index is 1.77. The highest BCUT2D eigenvalue weighted by atomic mass is 35.5. The van der Waals surface area contributed by atoms with Gasteiger partial charge in [-0.1, -0.05) is 23.7 Å². The Morgan fingerprint density at radius 3 is 2.63 bits per heavy atom. The molecule has 10 heteroatoms. The topological polar surface area (TPSA) is 67.7 Å². The van der Waals surface area contributed by atoms with Gasteiger partial charge in [-0.25, -0.2) is 4.98 Å². The highest BCUT2D eigenvalue weighted by Crippen LogP contribution is 2.32. The van der Waals surface area contributed by atoms with Gasteiger partial charge in [0, 0.05) is 35.8 Å². The number of alkyl halides is 3. The van der Waals surface area contributed by atoms with Crippen molar-refractivity contribution in [2.24, 2.45) is 0 Å². The minimum Gasteiger partial charge on any atom is -0.456 e. The Labute approximate surface area is 204 Å². The zero-order valence-electron chi connectivity index (χ0n) is 18.9. The van der Waals surface area contributed by atoms with Crippen LogP contribution in [0.3, 0.4) is 0 Å². The first kappa shape index (κ1) is 24.4. The Morgan fingerprint density at radius 1 is 1.14 bits per heavy atom. The van der Waals surface area contributed by atoms with Gasteiger partial charge in [-0.2, -0.15) is 13.2 Å². The molecule has 182 valence electrons. The number of rotatable bonds is 7. The lowest BCUT2D eigenvalue weighted by Crippen LogP contribution is -2.18. The van der Waals surface area contributed by atoms with Gasteiger partial charge in [-0.3, -0.25) is 9.20 Å². The van der Waals surface area contributed by atoms with Gasteiger partial charge < -0.3 is 15.4 Å². The Hall–Kier alpha value is -3.72. The average Bonchev–Trinajstić information content (AvgIpc) is 3.22. The van der Waals surface area contributed by atoms with Crippen molar-refractivity contribution >= 4 is 28.8 Å². The molecule has 4 rings (SSSR count). The lowest BCUT2D eigenvalue weighted by molar-refractivity contribution is -0.131. The summed E-state index contributed by atoms with van der Waals surface area (Å²) >= 11 is 6.05. The number of nitrogens with zero attached hydrogens (tertiary/aromatic N) is 2.